The van der Waals surface area contributed by atoms with Crippen LogP contribution in [0.25, 0.3) is 21.6 Å². The van der Waals surface area contributed by atoms with E-state index >= 15 is 0 Å². The molecule has 1 heterocycles. The SMILES string of the molecule is CC/C=C\CCOc1ccc(-c2ccc(-c3ccc(C#N)s3)cc2)cc1. The van der Waals surface area contributed by atoms with Gasteiger partial charge in [0.1, 0.15) is 16.7 Å². The second-order valence-electron chi connectivity index (χ2n) is 5.89. The highest BCUT2D eigenvalue weighted by molar-refractivity contribution is 7.16. The molecule has 3 aromatic rings. The largest absolute Gasteiger partial charge is 0.493 e. The van der Waals surface area contributed by atoms with Gasteiger partial charge >= 0.3 is 0 Å². The fourth-order valence-corrected chi connectivity index (χ4v) is 3.46. The quantitative estimate of drug-likeness (QED) is 0.348. The Labute approximate surface area is 159 Å². The Morgan fingerprint density at radius 2 is 1.54 bits per heavy atom. The van der Waals surface area contributed by atoms with E-state index in [4.69, 9.17) is 10.00 Å². The molecule has 2 nitrogen and oxygen atoms in total. The summed E-state index contributed by atoms with van der Waals surface area (Å²) in [5.74, 6) is 0.901. The standard InChI is InChI=1S/C23H21NOS/c1-2-3-4-5-16-25-21-12-10-19(11-13-21)18-6-8-20(9-7-18)23-15-14-22(17-24)26-23/h3-4,6-15H,2,5,16H2,1H3/b4-3-. The first kappa shape index (κ1) is 18.0. The first-order chi connectivity index (χ1) is 12.8. The number of nitrogens with zero attached hydrogens (tertiary/aromatic N) is 1. The minimum Gasteiger partial charge on any atom is -0.493 e. The molecule has 0 amide bonds. The minimum absolute atomic E-state index is 0.704. The van der Waals surface area contributed by atoms with Crippen molar-refractivity contribution in [2.24, 2.45) is 0 Å². The third kappa shape index (κ3) is 4.62. The molecular formula is C23H21NOS. The Bertz CT molecular complexity index is 899. The first-order valence-electron chi connectivity index (χ1n) is 8.79. The molecule has 0 atom stereocenters. The van der Waals surface area contributed by atoms with Gasteiger partial charge in [-0.2, -0.15) is 5.26 Å². The molecule has 0 saturated heterocycles. The highest BCUT2D eigenvalue weighted by Crippen LogP contribution is 2.30. The Hall–Kier alpha value is -2.83. The average Bonchev–Trinajstić information content (AvgIpc) is 3.18. The third-order valence-electron chi connectivity index (χ3n) is 4.03. The molecule has 0 radical (unpaired) electrons. The highest BCUT2D eigenvalue weighted by Gasteiger charge is 2.04. The average molecular weight is 359 g/mol. The van der Waals surface area contributed by atoms with E-state index in [1.807, 2.05) is 24.3 Å². The van der Waals surface area contributed by atoms with Crippen molar-refractivity contribution in [3.8, 4) is 33.4 Å². The molecule has 0 aliphatic carbocycles. The fraction of sp³-hybridized carbons (Fsp3) is 0.174. The van der Waals surface area contributed by atoms with Gasteiger partial charge in [0.05, 0.1) is 6.61 Å². The van der Waals surface area contributed by atoms with Crippen LogP contribution in [0.4, 0.5) is 0 Å². The van der Waals surface area contributed by atoms with E-state index < -0.39 is 0 Å². The molecular weight excluding hydrogens is 338 g/mol. The van der Waals surface area contributed by atoms with Gasteiger partial charge < -0.3 is 4.74 Å². The maximum Gasteiger partial charge on any atom is 0.119 e. The van der Waals surface area contributed by atoms with Crippen molar-refractivity contribution in [2.75, 3.05) is 6.61 Å². The maximum atomic E-state index is 8.95. The van der Waals surface area contributed by atoms with Crippen molar-refractivity contribution in [3.05, 3.63) is 77.7 Å². The topological polar surface area (TPSA) is 33.0 Å². The molecule has 26 heavy (non-hydrogen) atoms. The summed E-state index contributed by atoms with van der Waals surface area (Å²) in [6, 6.07) is 22.7. The van der Waals surface area contributed by atoms with Crippen LogP contribution in [0, 0.1) is 11.3 Å². The van der Waals surface area contributed by atoms with Crippen molar-refractivity contribution in [2.45, 2.75) is 19.8 Å². The lowest BCUT2D eigenvalue weighted by Gasteiger charge is -2.07. The molecule has 0 fully saturated rings. The van der Waals surface area contributed by atoms with Crippen LogP contribution < -0.4 is 4.74 Å². The minimum atomic E-state index is 0.704. The van der Waals surface area contributed by atoms with Crippen LogP contribution in [-0.4, -0.2) is 6.61 Å². The van der Waals surface area contributed by atoms with E-state index in [9.17, 15) is 0 Å². The van der Waals surface area contributed by atoms with Crippen LogP contribution in [0.1, 0.15) is 24.6 Å². The van der Waals surface area contributed by atoms with Gasteiger partial charge in [0, 0.05) is 4.88 Å². The monoisotopic (exact) mass is 359 g/mol. The van der Waals surface area contributed by atoms with Gasteiger partial charge in [-0.3, -0.25) is 0 Å². The molecule has 0 aliphatic heterocycles. The fourth-order valence-electron chi connectivity index (χ4n) is 2.65. The molecule has 3 heteroatoms. The predicted molar refractivity (Wildman–Crippen MR) is 109 cm³/mol. The van der Waals surface area contributed by atoms with Gasteiger partial charge in [0.25, 0.3) is 0 Å². The summed E-state index contributed by atoms with van der Waals surface area (Å²) in [4.78, 5) is 1.86. The van der Waals surface area contributed by atoms with Crippen LogP contribution in [0.2, 0.25) is 0 Å². The van der Waals surface area contributed by atoms with Crippen LogP contribution in [0.15, 0.2) is 72.8 Å². The molecule has 130 valence electrons. The molecule has 0 spiro atoms. The van der Waals surface area contributed by atoms with Crippen molar-refractivity contribution >= 4 is 11.3 Å². The van der Waals surface area contributed by atoms with Gasteiger partial charge in [-0.05, 0) is 53.8 Å². The first-order valence-corrected chi connectivity index (χ1v) is 9.60. The summed E-state index contributed by atoms with van der Waals surface area (Å²) in [6.45, 7) is 2.84. The van der Waals surface area contributed by atoms with Gasteiger partial charge in [-0.1, -0.05) is 55.5 Å². The second kappa shape index (κ2) is 9.03. The van der Waals surface area contributed by atoms with Crippen LogP contribution >= 0.6 is 11.3 Å². The van der Waals surface area contributed by atoms with Crippen molar-refractivity contribution < 1.29 is 4.74 Å². The number of rotatable bonds is 7. The molecule has 0 unspecified atom stereocenters. The number of ether oxygens (including phenoxy) is 1. The lowest BCUT2D eigenvalue weighted by Crippen LogP contribution is -1.95. The molecule has 0 aliphatic rings. The molecule has 0 saturated carbocycles. The van der Waals surface area contributed by atoms with E-state index in [0.717, 1.165) is 33.9 Å². The number of hydrogen-bond acceptors (Lipinski definition) is 3. The van der Waals surface area contributed by atoms with E-state index in [0.29, 0.717) is 6.61 Å². The summed E-state index contributed by atoms with van der Waals surface area (Å²) in [6.07, 6.45) is 6.32. The Morgan fingerprint density at radius 3 is 2.15 bits per heavy atom. The smallest absolute Gasteiger partial charge is 0.119 e. The molecule has 1 aromatic heterocycles. The van der Waals surface area contributed by atoms with Gasteiger partial charge in [-0.25, -0.2) is 0 Å². The van der Waals surface area contributed by atoms with Crippen molar-refractivity contribution in [3.63, 3.8) is 0 Å². The van der Waals surface area contributed by atoms with E-state index in [-0.39, 0.29) is 0 Å². The number of benzene rings is 2. The lowest BCUT2D eigenvalue weighted by atomic mass is 10.0. The van der Waals surface area contributed by atoms with Crippen molar-refractivity contribution in [1.82, 2.24) is 0 Å². The van der Waals surface area contributed by atoms with Gasteiger partial charge in [-0.15, -0.1) is 11.3 Å². The molecule has 0 bridgehead atoms. The number of allylic oxidation sites excluding steroid dienone is 1. The predicted octanol–water partition coefficient (Wildman–Crippen LogP) is 6.69. The number of thiophene rings is 1. The molecule has 2 aromatic carbocycles. The molecule has 0 N–H and O–H groups in total. The Kier molecular flexibility index (Phi) is 6.24. The second-order valence-corrected chi connectivity index (χ2v) is 6.98. The maximum absolute atomic E-state index is 8.95. The van der Waals surface area contributed by atoms with E-state index in [1.165, 1.54) is 22.5 Å². The van der Waals surface area contributed by atoms with E-state index in [1.54, 1.807) is 0 Å². The summed E-state index contributed by atoms with van der Waals surface area (Å²) in [5.41, 5.74) is 3.47. The Morgan fingerprint density at radius 1 is 0.885 bits per heavy atom. The number of hydrogen-bond donors (Lipinski definition) is 0. The van der Waals surface area contributed by atoms with E-state index in [2.05, 4.69) is 61.5 Å². The molecule has 3 rings (SSSR count). The van der Waals surface area contributed by atoms with Gasteiger partial charge in [0.2, 0.25) is 0 Å². The normalized spacial score (nSPS) is 10.8. The summed E-state index contributed by atoms with van der Waals surface area (Å²) >= 11 is 1.52. The highest BCUT2D eigenvalue weighted by atomic mass is 32.1. The van der Waals surface area contributed by atoms with Gasteiger partial charge in [0.15, 0.2) is 0 Å². The zero-order chi connectivity index (χ0) is 18.2. The van der Waals surface area contributed by atoms with Crippen molar-refractivity contribution in [1.29, 1.82) is 5.26 Å². The van der Waals surface area contributed by atoms with Crippen LogP contribution in [0.5, 0.6) is 5.75 Å². The third-order valence-corrected chi connectivity index (χ3v) is 5.07. The zero-order valence-electron chi connectivity index (χ0n) is 14.8. The summed E-state index contributed by atoms with van der Waals surface area (Å²) in [7, 11) is 0. The van der Waals surface area contributed by atoms with Crippen LogP contribution in [0.3, 0.4) is 0 Å². The summed E-state index contributed by atoms with van der Waals surface area (Å²) in [5, 5.41) is 8.95. The number of nitriles is 1. The lowest BCUT2D eigenvalue weighted by molar-refractivity contribution is 0.325. The Balaban J connectivity index is 1.64. The summed E-state index contributed by atoms with van der Waals surface area (Å²) < 4.78 is 5.76. The zero-order valence-corrected chi connectivity index (χ0v) is 15.6. The van der Waals surface area contributed by atoms with Crippen LogP contribution in [-0.2, 0) is 0 Å².